The number of carbonyl (C=O) groups is 1. The molecule has 6 heteroatoms. The van der Waals surface area contributed by atoms with Crippen LogP contribution in [0.2, 0.25) is 0 Å². The first-order valence-corrected chi connectivity index (χ1v) is 3.90. The molecule has 14 heavy (non-hydrogen) atoms. The molecule has 0 saturated heterocycles. The van der Waals surface area contributed by atoms with Crippen LogP contribution >= 0.6 is 0 Å². The van der Waals surface area contributed by atoms with Crippen molar-refractivity contribution < 1.29 is 9.53 Å². The highest BCUT2D eigenvalue weighted by Crippen LogP contribution is 2.15. The summed E-state index contributed by atoms with van der Waals surface area (Å²) in [5.41, 5.74) is 6.40. The van der Waals surface area contributed by atoms with Gasteiger partial charge in [-0.15, -0.1) is 0 Å². The number of aromatic nitrogens is 3. The van der Waals surface area contributed by atoms with Crippen molar-refractivity contribution in [3.8, 4) is 0 Å². The molecule has 0 atom stereocenters. The van der Waals surface area contributed by atoms with Crippen molar-refractivity contribution in [3.05, 3.63) is 24.2 Å². The number of nitrogen functional groups attached to an aromatic ring is 1. The van der Waals surface area contributed by atoms with Crippen molar-refractivity contribution >= 4 is 17.3 Å². The van der Waals surface area contributed by atoms with Gasteiger partial charge in [-0.1, -0.05) is 0 Å². The van der Waals surface area contributed by atoms with E-state index in [1.54, 1.807) is 6.20 Å². The Labute approximate surface area is 79.3 Å². The molecule has 0 fully saturated rings. The SMILES string of the molecule is COC(=O)c1cnn2ccnc(N)c12. The molecular formula is C8H8N4O2. The Morgan fingerprint density at radius 1 is 1.64 bits per heavy atom. The van der Waals surface area contributed by atoms with Crippen molar-refractivity contribution in [1.82, 2.24) is 14.6 Å². The minimum absolute atomic E-state index is 0.255. The lowest BCUT2D eigenvalue weighted by Crippen LogP contribution is -2.03. The van der Waals surface area contributed by atoms with Crippen LogP contribution in [0.25, 0.3) is 5.52 Å². The van der Waals surface area contributed by atoms with Crippen LogP contribution < -0.4 is 5.73 Å². The molecule has 6 nitrogen and oxygen atoms in total. The summed E-state index contributed by atoms with van der Waals surface area (Å²) in [5, 5.41) is 3.94. The maximum Gasteiger partial charge on any atom is 0.341 e. The van der Waals surface area contributed by atoms with Gasteiger partial charge in [0.25, 0.3) is 0 Å². The summed E-state index contributed by atoms with van der Waals surface area (Å²) in [6, 6.07) is 0. The molecule has 0 unspecified atom stereocenters. The molecule has 2 heterocycles. The average Bonchev–Trinajstić information content (AvgIpc) is 2.62. The lowest BCUT2D eigenvalue weighted by molar-refractivity contribution is 0.0603. The van der Waals surface area contributed by atoms with Crippen molar-refractivity contribution in [2.45, 2.75) is 0 Å². The van der Waals surface area contributed by atoms with E-state index in [2.05, 4.69) is 14.8 Å². The molecule has 2 aromatic heterocycles. The summed E-state index contributed by atoms with van der Waals surface area (Å²) >= 11 is 0. The van der Waals surface area contributed by atoms with Crippen LogP contribution in [0.15, 0.2) is 18.6 Å². The van der Waals surface area contributed by atoms with Crippen molar-refractivity contribution in [2.75, 3.05) is 12.8 Å². The largest absolute Gasteiger partial charge is 0.465 e. The van der Waals surface area contributed by atoms with Crippen LogP contribution in [-0.2, 0) is 4.74 Å². The fraction of sp³-hybridized carbons (Fsp3) is 0.125. The Hall–Kier alpha value is -2.11. The Balaban J connectivity index is 2.73. The molecule has 2 aromatic rings. The van der Waals surface area contributed by atoms with E-state index in [9.17, 15) is 4.79 Å². The smallest absolute Gasteiger partial charge is 0.341 e. The van der Waals surface area contributed by atoms with Gasteiger partial charge in [0.15, 0.2) is 0 Å². The molecule has 2 N–H and O–H groups in total. The number of anilines is 1. The zero-order valence-electron chi connectivity index (χ0n) is 7.47. The van der Waals surface area contributed by atoms with Crippen molar-refractivity contribution in [3.63, 3.8) is 0 Å². The topological polar surface area (TPSA) is 82.5 Å². The minimum atomic E-state index is -0.472. The number of carbonyl (C=O) groups excluding carboxylic acids is 1. The predicted molar refractivity (Wildman–Crippen MR) is 48.7 cm³/mol. The van der Waals surface area contributed by atoms with E-state index in [1.165, 1.54) is 24.0 Å². The van der Waals surface area contributed by atoms with Crippen LogP contribution in [-0.4, -0.2) is 27.7 Å². The second-order valence-corrected chi connectivity index (χ2v) is 2.66. The monoisotopic (exact) mass is 192 g/mol. The Morgan fingerprint density at radius 2 is 2.43 bits per heavy atom. The number of ether oxygens (including phenoxy) is 1. The summed E-state index contributed by atoms with van der Waals surface area (Å²) in [6.45, 7) is 0. The standard InChI is InChI=1S/C8H8N4O2/c1-14-8(13)5-4-11-12-3-2-10-7(9)6(5)12/h2-4H,1H3,(H2,9,10). The third-order valence-corrected chi connectivity index (χ3v) is 1.86. The van der Waals surface area contributed by atoms with Crippen LogP contribution in [0.1, 0.15) is 10.4 Å². The second kappa shape index (κ2) is 2.99. The predicted octanol–water partition coefficient (Wildman–Crippen LogP) is 0.0981. The summed E-state index contributed by atoms with van der Waals surface area (Å²) in [5.74, 6) is -0.217. The molecule has 0 aliphatic heterocycles. The van der Waals surface area contributed by atoms with Gasteiger partial charge in [0.2, 0.25) is 0 Å². The molecule has 0 aliphatic carbocycles. The number of hydrogen-bond donors (Lipinski definition) is 1. The van der Waals surface area contributed by atoms with Gasteiger partial charge >= 0.3 is 5.97 Å². The number of fused-ring (bicyclic) bond motifs is 1. The molecule has 0 aliphatic rings. The van der Waals surface area contributed by atoms with Crippen molar-refractivity contribution in [1.29, 1.82) is 0 Å². The molecule has 0 spiro atoms. The Kier molecular flexibility index (Phi) is 1.81. The van der Waals surface area contributed by atoms with Crippen molar-refractivity contribution in [2.24, 2.45) is 0 Å². The number of esters is 1. The summed E-state index contributed by atoms with van der Waals surface area (Å²) < 4.78 is 6.06. The van der Waals surface area contributed by atoms with Gasteiger partial charge < -0.3 is 10.5 Å². The first kappa shape index (κ1) is 8.49. The maximum atomic E-state index is 11.3. The lowest BCUT2D eigenvalue weighted by atomic mass is 10.3. The van der Waals surface area contributed by atoms with E-state index in [1.807, 2.05) is 0 Å². The van der Waals surface area contributed by atoms with Gasteiger partial charge in [0.05, 0.1) is 13.3 Å². The van der Waals surface area contributed by atoms with E-state index in [-0.39, 0.29) is 5.82 Å². The van der Waals surface area contributed by atoms with Gasteiger partial charge in [-0.2, -0.15) is 5.10 Å². The minimum Gasteiger partial charge on any atom is -0.465 e. The van der Waals surface area contributed by atoms with E-state index < -0.39 is 5.97 Å². The van der Waals surface area contributed by atoms with Gasteiger partial charge in [0.1, 0.15) is 16.9 Å². The van der Waals surface area contributed by atoms with E-state index >= 15 is 0 Å². The van der Waals surface area contributed by atoms with Crippen LogP contribution in [0.4, 0.5) is 5.82 Å². The summed E-state index contributed by atoms with van der Waals surface area (Å²) in [6.07, 6.45) is 4.52. The van der Waals surface area contributed by atoms with Gasteiger partial charge in [-0.25, -0.2) is 14.3 Å². The second-order valence-electron chi connectivity index (χ2n) is 2.66. The fourth-order valence-corrected chi connectivity index (χ4v) is 1.23. The quantitative estimate of drug-likeness (QED) is 0.648. The first-order chi connectivity index (χ1) is 6.74. The fourth-order valence-electron chi connectivity index (χ4n) is 1.23. The molecule has 0 aromatic carbocycles. The average molecular weight is 192 g/mol. The third kappa shape index (κ3) is 1.08. The van der Waals surface area contributed by atoms with Gasteiger partial charge in [-0.05, 0) is 0 Å². The molecule has 0 radical (unpaired) electrons. The Bertz CT molecular complexity index is 491. The van der Waals surface area contributed by atoms with E-state index in [0.29, 0.717) is 11.1 Å². The number of nitrogens with two attached hydrogens (primary N) is 1. The zero-order valence-corrected chi connectivity index (χ0v) is 7.47. The number of nitrogens with zero attached hydrogens (tertiary/aromatic N) is 3. The molecule has 0 bridgehead atoms. The number of hydrogen-bond acceptors (Lipinski definition) is 5. The molecular weight excluding hydrogens is 184 g/mol. The highest BCUT2D eigenvalue weighted by atomic mass is 16.5. The molecule has 0 amide bonds. The van der Waals surface area contributed by atoms with Crippen LogP contribution in [0, 0.1) is 0 Å². The Morgan fingerprint density at radius 3 is 3.14 bits per heavy atom. The van der Waals surface area contributed by atoms with E-state index in [0.717, 1.165) is 0 Å². The highest BCUT2D eigenvalue weighted by molar-refractivity contribution is 5.99. The van der Waals surface area contributed by atoms with Gasteiger partial charge in [-0.3, -0.25) is 0 Å². The molecule has 72 valence electrons. The van der Waals surface area contributed by atoms with Crippen LogP contribution in [0.5, 0.6) is 0 Å². The molecule has 0 saturated carbocycles. The normalized spacial score (nSPS) is 10.4. The number of methoxy groups -OCH3 is 1. The summed E-state index contributed by atoms with van der Waals surface area (Å²) in [7, 11) is 1.30. The van der Waals surface area contributed by atoms with E-state index in [4.69, 9.17) is 5.73 Å². The highest BCUT2D eigenvalue weighted by Gasteiger charge is 2.15. The third-order valence-electron chi connectivity index (χ3n) is 1.86. The van der Waals surface area contributed by atoms with Gasteiger partial charge in [0, 0.05) is 12.4 Å². The lowest BCUT2D eigenvalue weighted by Gasteiger charge is -1.98. The number of rotatable bonds is 1. The zero-order chi connectivity index (χ0) is 10.1. The maximum absolute atomic E-state index is 11.3. The van der Waals surface area contributed by atoms with Crippen LogP contribution in [0.3, 0.4) is 0 Å². The summed E-state index contributed by atoms with van der Waals surface area (Å²) in [4.78, 5) is 15.1. The molecule has 2 rings (SSSR count). The first-order valence-electron chi connectivity index (χ1n) is 3.90.